The number of likely N-dealkylation sites (tertiary alicyclic amines) is 2. The number of nitrogens with one attached hydrogen (secondary N) is 3. The van der Waals surface area contributed by atoms with Gasteiger partial charge in [-0.3, -0.25) is 14.5 Å². The van der Waals surface area contributed by atoms with Crippen molar-refractivity contribution in [1.29, 1.82) is 0 Å². The van der Waals surface area contributed by atoms with Gasteiger partial charge in [-0.15, -0.1) is 0 Å². The second-order valence-electron chi connectivity index (χ2n) is 8.95. The Bertz CT molecular complexity index is 1200. The highest BCUT2D eigenvalue weighted by atomic mass is 35.5. The van der Waals surface area contributed by atoms with Crippen molar-refractivity contribution < 1.29 is 9.59 Å². The van der Waals surface area contributed by atoms with Gasteiger partial charge >= 0.3 is 0 Å². The summed E-state index contributed by atoms with van der Waals surface area (Å²) in [5, 5.41) is 7.61. The van der Waals surface area contributed by atoms with Crippen molar-refractivity contribution in [1.82, 2.24) is 30.1 Å². The lowest BCUT2D eigenvalue weighted by molar-refractivity contribution is -0.143. The van der Waals surface area contributed by atoms with E-state index in [1.807, 2.05) is 40.3 Å². The van der Waals surface area contributed by atoms with Crippen LogP contribution >= 0.6 is 11.6 Å². The molecule has 4 heterocycles. The first-order valence-electron chi connectivity index (χ1n) is 11.6. The quantitative estimate of drug-likeness (QED) is 0.499. The van der Waals surface area contributed by atoms with E-state index in [9.17, 15) is 9.59 Å². The molecule has 2 saturated heterocycles. The molecule has 2 aliphatic heterocycles. The number of H-pyrrole nitrogens is 1. The summed E-state index contributed by atoms with van der Waals surface area (Å²) in [7, 11) is 1.63. The van der Waals surface area contributed by atoms with E-state index in [1.54, 1.807) is 13.2 Å². The molecule has 2 fully saturated rings. The molecule has 0 radical (unpaired) electrons. The molecule has 2 amide bonds. The normalized spacial score (nSPS) is 17.5. The van der Waals surface area contributed by atoms with Gasteiger partial charge in [0, 0.05) is 61.9 Å². The number of aromatic amines is 1. The fourth-order valence-electron chi connectivity index (χ4n) is 4.72. The largest absolute Gasteiger partial charge is 0.360 e. The van der Waals surface area contributed by atoms with E-state index < -0.39 is 0 Å². The number of rotatable bonds is 6. The highest BCUT2D eigenvalue weighted by Gasteiger charge is 2.37. The molecular formula is C24H28ClN7O2. The molecule has 2 aliphatic rings. The minimum atomic E-state index is -0.0185. The maximum atomic E-state index is 12.8. The topological polar surface area (TPSA) is 106 Å². The molecule has 2 aromatic heterocycles. The van der Waals surface area contributed by atoms with Crippen LogP contribution in [0.4, 0.5) is 5.95 Å². The SMILES string of the molecule is CNC(=O)CN1CC(C(=O)N2CCC(Nc3ncc(Cl)c(-c4c[nH]c5ccccc45)n3)CC2)C1. The van der Waals surface area contributed by atoms with Crippen LogP contribution in [0.5, 0.6) is 0 Å². The lowest BCUT2D eigenvalue weighted by Gasteiger charge is -2.42. The maximum Gasteiger partial charge on any atom is 0.233 e. The minimum absolute atomic E-state index is 0.00695. The summed E-state index contributed by atoms with van der Waals surface area (Å²) in [6.07, 6.45) is 5.21. The Morgan fingerprint density at radius 1 is 1.21 bits per heavy atom. The molecule has 0 aliphatic carbocycles. The number of amides is 2. The molecule has 0 saturated carbocycles. The fourth-order valence-corrected chi connectivity index (χ4v) is 4.91. The molecule has 0 spiro atoms. The molecule has 10 heteroatoms. The minimum Gasteiger partial charge on any atom is -0.360 e. The molecule has 0 atom stereocenters. The van der Waals surface area contributed by atoms with Gasteiger partial charge in [-0.05, 0) is 18.9 Å². The molecule has 9 nitrogen and oxygen atoms in total. The van der Waals surface area contributed by atoms with Crippen LogP contribution in [0, 0.1) is 5.92 Å². The summed E-state index contributed by atoms with van der Waals surface area (Å²) in [4.78, 5) is 40.6. The number of para-hydroxylation sites is 1. The van der Waals surface area contributed by atoms with E-state index in [4.69, 9.17) is 16.6 Å². The predicted molar refractivity (Wildman–Crippen MR) is 132 cm³/mol. The van der Waals surface area contributed by atoms with Crippen molar-refractivity contribution in [3.05, 3.63) is 41.7 Å². The number of anilines is 1. The number of benzene rings is 1. The lowest BCUT2D eigenvalue weighted by atomic mass is 9.96. The van der Waals surface area contributed by atoms with Crippen LogP contribution in [0.25, 0.3) is 22.2 Å². The smallest absolute Gasteiger partial charge is 0.233 e. The van der Waals surface area contributed by atoms with Gasteiger partial charge in [-0.1, -0.05) is 29.8 Å². The van der Waals surface area contributed by atoms with E-state index in [0.29, 0.717) is 49.4 Å². The third-order valence-electron chi connectivity index (χ3n) is 6.68. The molecule has 3 N–H and O–H groups in total. The van der Waals surface area contributed by atoms with Crippen LogP contribution in [0.3, 0.4) is 0 Å². The number of nitrogens with zero attached hydrogens (tertiary/aromatic N) is 4. The van der Waals surface area contributed by atoms with E-state index in [2.05, 4.69) is 20.6 Å². The predicted octanol–water partition coefficient (Wildman–Crippen LogP) is 2.36. The van der Waals surface area contributed by atoms with Gasteiger partial charge in [0.2, 0.25) is 17.8 Å². The van der Waals surface area contributed by atoms with Crippen molar-refractivity contribution in [3.63, 3.8) is 0 Å². The molecule has 1 aromatic carbocycles. The number of piperidine rings is 1. The Morgan fingerprint density at radius 3 is 2.74 bits per heavy atom. The van der Waals surface area contributed by atoms with Gasteiger partial charge in [0.25, 0.3) is 0 Å². The number of aromatic nitrogens is 3. The van der Waals surface area contributed by atoms with Gasteiger partial charge in [-0.2, -0.15) is 0 Å². The fraction of sp³-hybridized carbons (Fsp3) is 0.417. The van der Waals surface area contributed by atoms with Gasteiger partial charge in [0.05, 0.1) is 29.4 Å². The zero-order valence-corrected chi connectivity index (χ0v) is 19.8. The zero-order chi connectivity index (χ0) is 23.7. The summed E-state index contributed by atoms with van der Waals surface area (Å²) in [5.74, 6) is 0.705. The first-order valence-corrected chi connectivity index (χ1v) is 12.0. The summed E-state index contributed by atoms with van der Waals surface area (Å²) in [5.41, 5.74) is 2.66. The molecule has 5 rings (SSSR count). The third kappa shape index (κ3) is 4.58. The molecule has 0 bridgehead atoms. The second kappa shape index (κ2) is 9.60. The summed E-state index contributed by atoms with van der Waals surface area (Å²) < 4.78 is 0. The zero-order valence-electron chi connectivity index (χ0n) is 19.1. The highest BCUT2D eigenvalue weighted by Crippen LogP contribution is 2.32. The van der Waals surface area contributed by atoms with Gasteiger partial charge in [0.1, 0.15) is 0 Å². The van der Waals surface area contributed by atoms with Crippen LogP contribution < -0.4 is 10.6 Å². The Kier molecular flexibility index (Phi) is 6.38. The Hall–Kier alpha value is -3.17. The Morgan fingerprint density at radius 2 is 1.97 bits per heavy atom. The number of likely N-dealkylation sites (N-methyl/N-ethyl adjacent to an activating group) is 1. The van der Waals surface area contributed by atoms with Crippen LogP contribution in [-0.4, -0.2) is 82.4 Å². The number of carbonyl (C=O) groups is 2. The first kappa shape index (κ1) is 22.6. The third-order valence-corrected chi connectivity index (χ3v) is 6.96. The van der Waals surface area contributed by atoms with Crippen LogP contribution in [0.1, 0.15) is 12.8 Å². The van der Waals surface area contributed by atoms with Crippen molar-refractivity contribution in [2.45, 2.75) is 18.9 Å². The number of carbonyl (C=O) groups excluding carboxylic acids is 2. The van der Waals surface area contributed by atoms with E-state index in [-0.39, 0.29) is 23.8 Å². The van der Waals surface area contributed by atoms with Gasteiger partial charge in [0.15, 0.2) is 0 Å². The average molecular weight is 482 g/mol. The molecule has 178 valence electrons. The highest BCUT2D eigenvalue weighted by molar-refractivity contribution is 6.33. The van der Waals surface area contributed by atoms with E-state index in [1.165, 1.54) is 0 Å². The van der Waals surface area contributed by atoms with Crippen LogP contribution in [0.2, 0.25) is 5.02 Å². The summed E-state index contributed by atoms with van der Waals surface area (Å²) in [6, 6.07) is 8.23. The number of fused-ring (bicyclic) bond motifs is 1. The van der Waals surface area contributed by atoms with Crippen molar-refractivity contribution >= 4 is 40.3 Å². The molecule has 0 unspecified atom stereocenters. The van der Waals surface area contributed by atoms with Crippen LogP contribution in [-0.2, 0) is 9.59 Å². The Labute approximate surface area is 202 Å². The average Bonchev–Trinajstić information content (AvgIpc) is 3.26. The lowest BCUT2D eigenvalue weighted by Crippen LogP contribution is -2.57. The molecule has 3 aromatic rings. The maximum absolute atomic E-state index is 12.8. The van der Waals surface area contributed by atoms with E-state index in [0.717, 1.165) is 29.3 Å². The molecule has 34 heavy (non-hydrogen) atoms. The van der Waals surface area contributed by atoms with Crippen molar-refractivity contribution in [2.75, 3.05) is 45.1 Å². The summed E-state index contributed by atoms with van der Waals surface area (Å²) in [6.45, 7) is 3.06. The van der Waals surface area contributed by atoms with E-state index >= 15 is 0 Å². The van der Waals surface area contributed by atoms with Gasteiger partial charge in [-0.25, -0.2) is 9.97 Å². The van der Waals surface area contributed by atoms with Crippen molar-refractivity contribution in [3.8, 4) is 11.3 Å². The standard InChI is InChI=1S/C24H28ClN7O2/c1-26-21(33)14-31-12-15(13-31)23(34)32-8-6-16(7-9-32)29-24-28-11-19(25)22(30-24)18-10-27-20-5-3-2-4-17(18)20/h2-5,10-11,15-16,27H,6-9,12-14H2,1H3,(H,26,33)(H,28,29,30). The first-order chi connectivity index (χ1) is 16.5. The molecular weight excluding hydrogens is 454 g/mol. The summed E-state index contributed by atoms with van der Waals surface area (Å²) >= 11 is 6.44. The van der Waals surface area contributed by atoms with Gasteiger partial charge < -0.3 is 20.5 Å². The number of hydrogen-bond donors (Lipinski definition) is 3. The number of hydrogen-bond acceptors (Lipinski definition) is 6. The Balaban J connectivity index is 1.17. The van der Waals surface area contributed by atoms with Crippen molar-refractivity contribution in [2.24, 2.45) is 5.92 Å². The second-order valence-corrected chi connectivity index (χ2v) is 9.35. The van der Waals surface area contributed by atoms with Crippen LogP contribution in [0.15, 0.2) is 36.7 Å². The number of halogens is 1. The monoisotopic (exact) mass is 481 g/mol.